The maximum Gasteiger partial charge on any atom is 0.268 e. The summed E-state index contributed by atoms with van der Waals surface area (Å²) < 4.78 is 44.0. The van der Waals surface area contributed by atoms with Crippen molar-refractivity contribution in [3.63, 3.8) is 0 Å². The maximum absolute atomic E-state index is 16.1. The third-order valence-corrected chi connectivity index (χ3v) is 6.79. The summed E-state index contributed by atoms with van der Waals surface area (Å²) in [7, 11) is 0. The summed E-state index contributed by atoms with van der Waals surface area (Å²) in [5, 5.41) is 1.73. The highest BCUT2D eigenvalue weighted by Gasteiger charge is 2.32. The molecule has 0 radical (unpaired) electrons. The van der Waals surface area contributed by atoms with Gasteiger partial charge in [0.15, 0.2) is 23.1 Å². The molecule has 5 aromatic rings. The van der Waals surface area contributed by atoms with Crippen molar-refractivity contribution in [2.24, 2.45) is 0 Å². The van der Waals surface area contributed by atoms with Crippen molar-refractivity contribution in [1.82, 2.24) is 0 Å². The van der Waals surface area contributed by atoms with E-state index in [1.807, 2.05) is 92.7 Å². The minimum atomic E-state index is -0.875. The average Bonchev–Trinajstić information content (AvgIpc) is 3.33. The van der Waals surface area contributed by atoms with Gasteiger partial charge in [-0.1, -0.05) is 78.9 Å². The van der Waals surface area contributed by atoms with Crippen molar-refractivity contribution in [3.05, 3.63) is 119 Å². The Bertz CT molecular complexity index is 1540. The van der Waals surface area contributed by atoms with Gasteiger partial charge in [0.1, 0.15) is 0 Å². The van der Waals surface area contributed by atoms with Crippen LogP contribution < -0.4 is 9.47 Å². The highest BCUT2D eigenvalue weighted by atomic mass is 19.2. The topological polar surface area (TPSA) is 18.5 Å². The van der Waals surface area contributed by atoms with Crippen LogP contribution in [0.2, 0.25) is 0 Å². The van der Waals surface area contributed by atoms with Crippen LogP contribution in [0.4, 0.5) is 8.78 Å². The molecule has 1 aliphatic heterocycles. The summed E-state index contributed by atoms with van der Waals surface area (Å²) >= 11 is 0. The molecule has 0 spiro atoms. The number of rotatable bonds is 3. The van der Waals surface area contributed by atoms with Crippen molar-refractivity contribution >= 4 is 10.8 Å². The van der Waals surface area contributed by atoms with E-state index in [0.29, 0.717) is 39.3 Å². The third kappa shape index (κ3) is 3.36. The first-order valence-electron chi connectivity index (χ1n) is 11.5. The number of ether oxygens (including phenoxy) is 2. The summed E-state index contributed by atoms with van der Waals surface area (Å²) in [6, 6.07) is 28.1. The van der Waals surface area contributed by atoms with Crippen LogP contribution in [-0.2, 0) is 0 Å². The second kappa shape index (κ2) is 8.24. The smallest absolute Gasteiger partial charge is 0.268 e. The molecule has 0 unspecified atom stereocenters. The fourth-order valence-corrected chi connectivity index (χ4v) is 4.96. The number of benzene rings is 5. The molecule has 35 heavy (non-hydrogen) atoms. The van der Waals surface area contributed by atoms with Gasteiger partial charge >= 0.3 is 0 Å². The van der Waals surface area contributed by atoms with Crippen LogP contribution in [0.1, 0.15) is 23.0 Å². The quantitative estimate of drug-likeness (QED) is 0.266. The van der Waals surface area contributed by atoms with E-state index in [1.54, 1.807) is 12.1 Å². The Balaban J connectivity index is 1.63. The third-order valence-electron chi connectivity index (χ3n) is 6.79. The van der Waals surface area contributed by atoms with E-state index in [1.165, 1.54) is 0 Å². The summed E-state index contributed by atoms with van der Waals surface area (Å²) in [5.41, 5.74) is 3.76. The highest BCUT2D eigenvalue weighted by molar-refractivity contribution is 6.00. The number of para-hydroxylation sites is 2. The van der Waals surface area contributed by atoms with Crippen LogP contribution in [0.25, 0.3) is 33.0 Å². The number of hydrogen-bond donors (Lipinski definition) is 0. The van der Waals surface area contributed by atoms with E-state index >= 15 is 8.78 Å². The molecule has 1 aliphatic rings. The summed E-state index contributed by atoms with van der Waals surface area (Å²) in [6.07, 6.45) is -0.775. The van der Waals surface area contributed by atoms with Gasteiger partial charge in [0.25, 0.3) is 6.29 Å². The Morgan fingerprint density at radius 3 is 1.86 bits per heavy atom. The lowest BCUT2D eigenvalue weighted by Crippen LogP contribution is -2.11. The molecule has 0 aromatic heterocycles. The molecule has 0 bridgehead atoms. The van der Waals surface area contributed by atoms with Gasteiger partial charge in [-0.2, -0.15) is 0 Å². The molecular formula is C31H22F2O2. The molecule has 2 nitrogen and oxygen atoms in total. The molecule has 4 heteroatoms. The molecule has 172 valence electrons. The molecular weight excluding hydrogens is 442 g/mol. The van der Waals surface area contributed by atoms with E-state index in [-0.39, 0.29) is 11.1 Å². The van der Waals surface area contributed by atoms with Gasteiger partial charge in [0.2, 0.25) is 0 Å². The Labute approximate surface area is 202 Å². The van der Waals surface area contributed by atoms with Crippen molar-refractivity contribution in [2.75, 3.05) is 0 Å². The Morgan fingerprint density at radius 2 is 1.14 bits per heavy atom. The normalized spacial score (nSPS) is 12.9. The maximum atomic E-state index is 16.1. The zero-order valence-electron chi connectivity index (χ0n) is 19.3. The lowest BCUT2D eigenvalue weighted by molar-refractivity contribution is 0.0493. The molecule has 0 saturated carbocycles. The first kappa shape index (κ1) is 21.4. The average molecular weight is 465 g/mol. The predicted octanol–water partition coefficient (Wildman–Crippen LogP) is 8.54. The molecule has 0 fully saturated rings. The van der Waals surface area contributed by atoms with Crippen LogP contribution in [0.5, 0.6) is 11.5 Å². The fraction of sp³-hybridized carbons (Fsp3) is 0.0968. The van der Waals surface area contributed by atoms with Gasteiger partial charge in [0, 0.05) is 22.3 Å². The zero-order valence-corrected chi connectivity index (χ0v) is 19.3. The fourth-order valence-electron chi connectivity index (χ4n) is 4.96. The van der Waals surface area contributed by atoms with Crippen molar-refractivity contribution in [1.29, 1.82) is 0 Å². The van der Waals surface area contributed by atoms with Gasteiger partial charge in [-0.3, -0.25) is 0 Å². The molecule has 5 aromatic carbocycles. The van der Waals surface area contributed by atoms with Crippen molar-refractivity contribution in [3.8, 4) is 33.8 Å². The van der Waals surface area contributed by atoms with Crippen LogP contribution in [-0.4, -0.2) is 0 Å². The van der Waals surface area contributed by atoms with E-state index in [2.05, 4.69) is 0 Å². The van der Waals surface area contributed by atoms with Crippen LogP contribution >= 0.6 is 0 Å². The van der Waals surface area contributed by atoms with E-state index in [9.17, 15) is 0 Å². The minimum absolute atomic E-state index is 0.231. The second-order valence-electron chi connectivity index (χ2n) is 8.76. The zero-order chi connectivity index (χ0) is 24.1. The monoisotopic (exact) mass is 464 g/mol. The molecule has 1 heterocycles. The van der Waals surface area contributed by atoms with E-state index in [4.69, 9.17) is 9.47 Å². The van der Waals surface area contributed by atoms with E-state index < -0.39 is 17.9 Å². The number of hydrogen-bond acceptors (Lipinski definition) is 2. The molecule has 0 N–H and O–H groups in total. The Kier molecular flexibility index (Phi) is 5.03. The SMILES string of the molecule is Cc1c(C)c(-c2c(C3Oc4ccccc4O3)ccc3ccccc23)c(F)c(F)c1-c1ccccc1. The number of fused-ring (bicyclic) bond motifs is 2. The Hall–Kier alpha value is -4.18. The molecule has 0 saturated heterocycles. The molecule has 0 aliphatic carbocycles. The predicted molar refractivity (Wildman–Crippen MR) is 135 cm³/mol. The van der Waals surface area contributed by atoms with Gasteiger partial charge in [-0.15, -0.1) is 0 Å². The first-order chi connectivity index (χ1) is 17.0. The van der Waals surface area contributed by atoms with Crippen LogP contribution in [0.3, 0.4) is 0 Å². The van der Waals surface area contributed by atoms with Gasteiger partial charge in [0.05, 0.1) is 0 Å². The van der Waals surface area contributed by atoms with Crippen LogP contribution in [0.15, 0.2) is 91.0 Å². The first-order valence-corrected chi connectivity index (χ1v) is 11.5. The standard InChI is InChI=1S/C31H22F2O2/c1-18-19(2)27(30(33)29(32)26(18)21-11-4-3-5-12-21)28-22-13-7-6-10-20(22)16-17-23(28)31-34-24-14-8-9-15-25(24)35-31/h3-17,31H,1-2H3. The lowest BCUT2D eigenvalue weighted by Gasteiger charge is -2.22. The largest absolute Gasteiger partial charge is 0.447 e. The summed E-state index contributed by atoms with van der Waals surface area (Å²) in [5.74, 6) is -0.490. The Morgan fingerprint density at radius 1 is 0.571 bits per heavy atom. The molecule has 0 atom stereocenters. The number of halogens is 2. The summed E-state index contributed by atoms with van der Waals surface area (Å²) in [6.45, 7) is 3.68. The van der Waals surface area contributed by atoms with E-state index in [0.717, 1.165) is 10.8 Å². The molecule has 6 rings (SSSR count). The second-order valence-corrected chi connectivity index (χ2v) is 8.76. The van der Waals surface area contributed by atoms with Gasteiger partial charge in [-0.05, 0) is 53.4 Å². The lowest BCUT2D eigenvalue weighted by atomic mass is 9.85. The molecule has 0 amide bonds. The summed E-state index contributed by atoms with van der Waals surface area (Å²) in [4.78, 5) is 0. The highest BCUT2D eigenvalue weighted by Crippen LogP contribution is 2.47. The van der Waals surface area contributed by atoms with Gasteiger partial charge < -0.3 is 9.47 Å². The minimum Gasteiger partial charge on any atom is -0.447 e. The van der Waals surface area contributed by atoms with Gasteiger partial charge in [-0.25, -0.2) is 8.78 Å². The van der Waals surface area contributed by atoms with Crippen LogP contribution in [0, 0.1) is 25.5 Å². The van der Waals surface area contributed by atoms with Crippen molar-refractivity contribution in [2.45, 2.75) is 20.1 Å². The van der Waals surface area contributed by atoms with Crippen molar-refractivity contribution < 1.29 is 18.3 Å².